The van der Waals surface area contributed by atoms with Crippen molar-refractivity contribution in [2.24, 2.45) is 11.8 Å². The van der Waals surface area contributed by atoms with Gasteiger partial charge in [0.1, 0.15) is 6.61 Å². The van der Waals surface area contributed by atoms with Crippen LogP contribution in [0.25, 0.3) is 0 Å². The van der Waals surface area contributed by atoms with Gasteiger partial charge in [0.25, 0.3) is 0 Å². The summed E-state index contributed by atoms with van der Waals surface area (Å²) >= 11 is 5.25. The van der Waals surface area contributed by atoms with Gasteiger partial charge in [-0.3, -0.25) is 0 Å². The summed E-state index contributed by atoms with van der Waals surface area (Å²) in [5, 5.41) is 0. The van der Waals surface area contributed by atoms with E-state index >= 15 is 0 Å². The minimum atomic E-state index is -0.796. The van der Waals surface area contributed by atoms with E-state index in [1.165, 1.54) is 44.9 Å². The summed E-state index contributed by atoms with van der Waals surface area (Å²) < 4.78 is 17.9. The highest BCUT2D eigenvalue weighted by atomic mass is 35.5. The van der Waals surface area contributed by atoms with Crippen molar-refractivity contribution in [3.63, 3.8) is 0 Å². The molecule has 32 heavy (non-hydrogen) atoms. The molecule has 1 heterocycles. The van der Waals surface area contributed by atoms with Crippen LogP contribution in [0.4, 0.5) is 4.79 Å². The largest absolute Gasteiger partial charge is 0.494 e. The number of hydrogen-bond acceptors (Lipinski definition) is 4. The van der Waals surface area contributed by atoms with E-state index < -0.39 is 12.5 Å². The second-order valence-electron chi connectivity index (χ2n) is 10.3. The van der Waals surface area contributed by atoms with Gasteiger partial charge in [0.05, 0.1) is 11.2 Å². The maximum atomic E-state index is 10.8. The Kier molecular flexibility index (Phi) is 10.6. The molecular weight excluding hydrogens is 423 g/mol. The molecule has 3 unspecified atom stereocenters. The number of ether oxygens (including phenoxy) is 1. The van der Waals surface area contributed by atoms with Crippen LogP contribution in [0.5, 0.6) is 0 Å². The van der Waals surface area contributed by atoms with Gasteiger partial charge < -0.3 is 14.0 Å². The topological polar surface area (TPSA) is 44.8 Å². The van der Waals surface area contributed by atoms with Crippen molar-refractivity contribution in [1.82, 2.24) is 0 Å². The molecule has 1 aliphatic heterocycles. The lowest BCUT2D eigenvalue weighted by Gasteiger charge is -2.39. The first-order valence-corrected chi connectivity index (χ1v) is 12.7. The Balaban J connectivity index is 2.03. The predicted molar refractivity (Wildman–Crippen MR) is 133 cm³/mol. The van der Waals surface area contributed by atoms with Crippen molar-refractivity contribution < 1.29 is 18.8 Å². The lowest BCUT2D eigenvalue weighted by atomic mass is 9.76. The molecule has 0 saturated carbocycles. The third kappa shape index (κ3) is 7.78. The van der Waals surface area contributed by atoms with Crippen LogP contribution in [0, 0.1) is 11.8 Å². The van der Waals surface area contributed by atoms with Gasteiger partial charge in [-0.2, -0.15) is 0 Å². The van der Waals surface area contributed by atoms with Gasteiger partial charge in [0.2, 0.25) is 0 Å². The summed E-state index contributed by atoms with van der Waals surface area (Å²) in [6.07, 6.45) is 9.93. The number of rotatable bonds is 13. The van der Waals surface area contributed by atoms with Crippen molar-refractivity contribution in [3.05, 3.63) is 29.8 Å². The van der Waals surface area contributed by atoms with Crippen molar-refractivity contribution in [2.45, 2.75) is 111 Å². The summed E-state index contributed by atoms with van der Waals surface area (Å²) in [6, 6.07) is 7.79. The normalized spacial score (nSPS) is 22.0. The zero-order valence-corrected chi connectivity index (χ0v) is 21.7. The van der Waals surface area contributed by atoms with E-state index in [0.717, 1.165) is 23.4 Å². The monoisotopic (exact) mass is 464 g/mol. The minimum Gasteiger partial charge on any atom is -0.449 e. The molecule has 3 atom stereocenters. The maximum absolute atomic E-state index is 10.8. The number of halogens is 1. The Morgan fingerprint density at radius 1 is 1.03 bits per heavy atom. The summed E-state index contributed by atoms with van der Waals surface area (Å²) in [6.45, 7) is 13.6. The third-order valence-corrected chi connectivity index (χ3v) is 7.25. The molecule has 0 spiro atoms. The molecule has 6 heteroatoms. The first kappa shape index (κ1) is 27.2. The van der Waals surface area contributed by atoms with Gasteiger partial charge in [-0.25, -0.2) is 4.79 Å². The Morgan fingerprint density at radius 2 is 1.72 bits per heavy atom. The highest BCUT2D eigenvalue weighted by Crippen LogP contribution is 2.43. The molecule has 1 saturated heterocycles. The summed E-state index contributed by atoms with van der Waals surface area (Å²) in [4.78, 5) is 10.8. The number of carbonyl (C=O) groups is 1. The van der Waals surface area contributed by atoms with Gasteiger partial charge >= 0.3 is 12.5 Å². The third-order valence-electron chi connectivity index (χ3n) is 7.14. The van der Waals surface area contributed by atoms with Gasteiger partial charge in [0.15, 0.2) is 0 Å². The average molecular weight is 465 g/mol. The Bertz CT molecular complexity index is 708. The fraction of sp³-hybridized carbons (Fsp3) is 0.731. The average Bonchev–Trinajstić information content (AvgIpc) is 2.98. The Labute approximate surface area is 200 Å². The van der Waals surface area contributed by atoms with E-state index in [1.54, 1.807) is 0 Å². The quantitative estimate of drug-likeness (QED) is 0.228. The summed E-state index contributed by atoms with van der Waals surface area (Å²) in [7, 11) is -0.398. The van der Waals surface area contributed by atoms with Crippen LogP contribution in [0.3, 0.4) is 0 Å². The molecule has 0 radical (unpaired) electrons. The van der Waals surface area contributed by atoms with Crippen LogP contribution in [-0.4, -0.2) is 23.7 Å². The first-order chi connectivity index (χ1) is 15.1. The fourth-order valence-electron chi connectivity index (χ4n) is 4.66. The lowest BCUT2D eigenvalue weighted by molar-refractivity contribution is -0.0291. The van der Waals surface area contributed by atoms with Crippen molar-refractivity contribution >= 4 is 29.6 Å². The first-order valence-electron chi connectivity index (χ1n) is 12.4. The standard InChI is InChI=1S/C26H42BClO4/c1-7-9-11-20(3)12-13-21(10-8-2)18-26(6)25(4,5)31-27(32-26)23-16-14-22(15-17-23)19-30-24(28)29/h14-17,20-21H,7-13,18-19H2,1-6H3. The van der Waals surface area contributed by atoms with Crippen LogP contribution in [0.2, 0.25) is 0 Å². The molecule has 1 aliphatic rings. The molecule has 2 rings (SSSR count). The second-order valence-corrected chi connectivity index (χ2v) is 10.6. The second kappa shape index (κ2) is 12.4. The SMILES string of the molecule is CCCCC(C)CCC(CCC)CC1(C)OB(c2ccc(COC(=O)Cl)cc2)OC1(C)C. The zero-order valence-electron chi connectivity index (χ0n) is 20.9. The molecule has 0 bridgehead atoms. The van der Waals surface area contributed by atoms with Crippen LogP contribution >= 0.6 is 11.6 Å². The summed E-state index contributed by atoms with van der Waals surface area (Å²) in [5.41, 5.74) is 0.322. The van der Waals surface area contributed by atoms with E-state index in [0.29, 0.717) is 5.92 Å². The van der Waals surface area contributed by atoms with Crippen LogP contribution in [0.15, 0.2) is 24.3 Å². The van der Waals surface area contributed by atoms with Crippen LogP contribution < -0.4 is 5.46 Å². The van der Waals surface area contributed by atoms with Crippen LogP contribution in [0.1, 0.15) is 98.5 Å². The molecule has 0 aromatic heterocycles. The van der Waals surface area contributed by atoms with E-state index in [4.69, 9.17) is 25.6 Å². The van der Waals surface area contributed by atoms with E-state index in [9.17, 15) is 4.79 Å². The number of carbonyl (C=O) groups excluding carboxylic acids is 1. The molecule has 0 N–H and O–H groups in total. The Morgan fingerprint density at radius 3 is 2.31 bits per heavy atom. The van der Waals surface area contributed by atoms with Gasteiger partial charge in [-0.15, -0.1) is 0 Å². The smallest absolute Gasteiger partial charge is 0.449 e. The number of hydrogen-bond donors (Lipinski definition) is 0. The maximum Gasteiger partial charge on any atom is 0.494 e. The molecular formula is C26H42BClO4. The number of benzene rings is 1. The van der Waals surface area contributed by atoms with Gasteiger partial charge in [-0.1, -0.05) is 90.0 Å². The van der Waals surface area contributed by atoms with Gasteiger partial charge in [0, 0.05) is 11.6 Å². The molecule has 1 fully saturated rings. The molecule has 1 aromatic rings. The minimum absolute atomic E-state index is 0.160. The van der Waals surface area contributed by atoms with Crippen LogP contribution in [-0.2, 0) is 20.7 Å². The Hall–Kier alpha value is -1.04. The molecule has 0 aliphatic carbocycles. The highest BCUT2D eigenvalue weighted by molar-refractivity contribution is 6.62. The predicted octanol–water partition coefficient (Wildman–Crippen LogP) is 7.25. The van der Waals surface area contributed by atoms with Crippen molar-refractivity contribution in [2.75, 3.05) is 0 Å². The van der Waals surface area contributed by atoms with E-state index in [2.05, 4.69) is 41.5 Å². The molecule has 4 nitrogen and oxygen atoms in total. The molecule has 180 valence electrons. The van der Waals surface area contributed by atoms with Gasteiger partial charge in [-0.05, 0) is 50.1 Å². The van der Waals surface area contributed by atoms with Crippen molar-refractivity contribution in [1.29, 1.82) is 0 Å². The highest BCUT2D eigenvalue weighted by Gasteiger charge is 2.54. The van der Waals surface area contributed by atoms with E-state index in [-0.39, 0.29) is 17.8 Å². The molecule has 0 amide bonds. The van der Waals surface area contributed by atoms with Crippen molar-refractivity contribution in [3.8, 4) is 0 Å². The number of unbranched alkanes of at least 4 members (excludes halogenated alkanes) is 1. The lowest BCUT2D eigenvalue weighted by Crippen LogP contribution is -2.46. The van der Waals surface area contributed by atoms with E-state index in [1.807, 2.05) is 24.3 Å². The zero-order chi connectivity index (χ0) is 23.8. The molecule has 1 aromatic carbocycles. The summed E-state index contributed by atoms with van der Waals surface area (Å²) in [5.74, 6) is 1.43. The fourth-order valence-corrected chi connectivity index (χ4v) is 4.71.